The zero-order valence-corrected chi connectivity index (χ0v) is 12.0. The summed E-state index contributed by atoms with van der Waals surface area (Å²) in [7, 11) is 1.51. The predicted molar refractivity (Wildman–Crippen MR) is 76.4 cm³/mol. The topological polar surface area (TPSA) is 72.4 Å². The number of hydrogen-bond donors (Lipinski definition) is 2. The SMILES string of the molecule is C=CC[NH2+]C[C@H](O)COc1ccc(C(C)=O)cc1OC. The van der Waals surface area contributed by atoms with Crippen LogP contribution >= 0.6 is 0 Å². The lowest BCUT2D eigenvalue weighted by Crippen LogP contribution is -2.86. The Bertz CT molecular complexity index is 459. The number of methoxy groups -OCH3 is 1. The molecule has 1 rings (SSSR count). The van der Waals surface area contributed by atoms with Crippen LogP contribution in [-0.2, 0) is 0 Å². The van der Waals surface area contributed by atoms with E-state index in [1.807, 2.05) is 5.32 Å². The lowest BCUT2D eigenvalue weighted by atomic mass is 10.1. The van der Waals surface area contributed by atoms with E-state index in [0.717, 1.165) is 6.54 Å². The predicted octanol–water partition coefficient (Wildman–Crippen LogP) is 0.387. The summed E-state index contributed by atoms with van der Waals surface area (Å²) < 4.78 is 10.7. The van der Waals surface area contributed by atoms with Crippen molar-refractivity contribution >= 4 is 5.78 Å². The average molecular weight is 280 g/mol. The zero-order chi connectivity index (χ0) is 15.0. The number of carbonyl (C=O) groups excluding carboxylic acids is 1. The third kappa shape index (κ3) is 5.03. The Morgan fingerprint density at radius 3 is 2.85 bits per heavy atom. The number of aliphatic hydroxyl groups is 1. The van der Waals surface area contributed by atoms with Gasteiger partial charge >= 0.3 is 0 Å². The molecule has 0 spiro atoms. The highest BCUT2D eigenvalue weighted by Gasteiger charge is 2.11. The molecular formula is C15H22NO4+. The number of nitrogens with two attached hydrogens (primary N) is 1. The molecule has 20 heavy (non-hydrogen) atoms. The van der Waals surface area contributed by atoms with Crippen LogP contribution in [0, 0.1) is 0 Å². The maximum atomic E-state index is 11.3. The van der Waals surface area contributed by atoms with Gasteiger partial charge in [0.1, 0.15) is 19.3 Å². The molecule has 0 aromatic heterocycles. The van der Waals surface area contributed by atoms with Gasteiger partial charge in [-0.15, -0.1) is 0 Å². The summed E-state index contributed by atoms with van der Waals surface area (Å²) in [5.41, 5.74) is 0.564. The third-order valence-corrected chi connectivity index (χ3v) is 2.77. The van der Waals surface area contributed by atoms with Gasteiger partial charge in [0, 0.05) is 5.56 Å². The molecule has 0 saturated carbocycles. The van der Waals surface area contributed by atoms with Gasteiger partial charge in [0.2, 0.25) is 0 Å². The Morgan fingerprint density at radius 1 is 1.50 bits per heavy atom. The molecule has 0 unspecified atom stereocenters. The standard InChI is InChI=1S/C15H21NO4/c1-4-7-16-9-13(18)10-20-14-6-5-12(11(2)17)8-15(14)19-3/h4-6,8,13,16,18H,1,7,9-10H2,2-3H3/p+1/t13-/m0/s1. The van der Waals surface area contributed by atoms with E-state index in [2.05, 4.69) is 6.58 Å². The van der Waals surface area contributed by atoms with E-state index in [1.54, 1.807) is 24.3 Å². The average Bonchev–Trinajstić information content (AvgIpc) is 2.45. The minimum absolute atomic E-state index is 0.0334. The third-order valence-electron chi connectivity index (χ3n) is 2.77. The molecule has 0 radical (unpaired) electrons. The fraction of sp³-hybridized carbons (Fsp3) is 0.400. The van der Waals surface area contributed by atoms with Gasteiger partial charge in [0.25, 0.3) is 0 Å². The van der Waals surface area contributed by atoms with Crippen LogP contribution in [0.2, 0.25) is 0 Å². The molecule has 3 N–H and O–H groups in total. The molecule has 0 heterocycles. The molecule has 0 aliphatic heterocycles. The fourth-order valence-electron chi connectivity index (χ4n) is 1.67. The fourth-order valence-corrected chi connectivity index (χ4v) is 1.67. The normalized spacial score (nSPS) is 11.8. The molecule has 5 heteroatoms. The summed E-state index contributed by atoms with van der Waals surface area (Å²) in [5, 5.41) is 11.7. The maximum absolute atomic E-state index is 11.3. The van der Waals surface area contributed by atoms with Gasteiger partial charge in [0.05, 0.1) is 13.7 Å². The van der Waals surface area contributed by atoms with Gasteiger partial charge in [-0.05, 0) is 31.2 Å². The Balaban J connectivity index is 2.58. The van der Waals surface area contributed by atoms with Crippen LogP contribution < -0.4 is 14.8 Å². The van der Waals surface area contributed by atoms with Gasteiger partial charge in [0.15, 0.2) is 17.3 Å². The van der Waals surface area contributed by atoms with Crippen LogP contribution in [0.3, 0.4) is 0 Å². The van der Waals surface area contributed by atoms with Crippen LogP contribution in [0.5, 0.6) is 11.5 Å². The second-order valence-electron chi connectivity index (χ2n) is 4.44. The number of quaternary nitrogens is 1. The molecule has 0 saturated heterocycles. The van der Waals surface area contributed by atoms with E-state index in [4.69, 9.17) is 9.47 Å². The van der Waals surface area contributed by atoms with E-state index in [9.17, 15) is 9.90 Å². The Kier molecular flexibility index (Phi) is 6.76. The highest BCUT2D eigenvalue weighted by molar-refractivity contribution is 5.94. The summed E-state index contributed by atoms with van der Waals surface area (Å²) in [4.78, 5) is 11.3. The Hall–Kier alpha value is -1.85. The van der Waals surface area contributed by atoms with Crippen molar-refractivity contribution in [2.45, 2.75) is 13.0 Å². The number of hydrogen-bond acceptors (Lipinski definition) is 4. The molecule has 0 bridgehead atoms. The van der Waals surface area contributed by atoms with Crippen molar-refractivity contribution in [3.63, 3.8) is 0 Å². The first-order valence-electron chi connectivity index (χ1n) is 6.51. The Labute approximate surface area is 119 Å². The van der Waals surface area contributed by atoms with E-state index < -0.39 is 6.10 Å². The number of ketones is 1. The number of rotatable bonds is 9. The van der Waals surface area contributed by atoms with E-state index >= 15 is 0 Å². The van der Waals surface area contributed by atoms with Crippen LogP contribution in [0.4, 0.5) is 0 Å². The number of benzene rings is 1. The van der Waals surface area contributed by atoms with Crippen molar-refractivity contribution in [3.05, 3.63) is 36.4 Å². The van der Waals surface area contributed by atoms with E-state index in [-0.39, 0.29) is 12.4 Å². The van der Waals surface area contributed by atoms with Gasteiger partial charge in [-0.2, -0.15) is 0 Å². The lowest BCUT2D eigenvalue weighted by molar-refractivity contribution is -0.652. The van der Waals surface area contributed by atoms with Gasteiger partial charge in [-0.25, -0.2) is 0 Å². The van der Waals surface area contributed by atoms with E-state index in [0.29, 0.717) is 23.6 Å². The number of carbonyl (C=O) groups is 1. The number of Topliss-reactive ketones (excluding diaryl/α,β-unsaturated/α-hetero) is 1. The molecule has 1 aromatic rings. The first kappa shape index (κ1) is 16.2. The van der Waals surface area contributed by atoms with Gasteiger partial charge in [-0.3, -0.25) is 4.79 Å². The molecule has 0 fully saturated rings. The zero-order valence-electron chi connectivity index (χ0n) is 12.0. The van der Waals surface area contributed by atoms with Crippen LogP contribution in [0.1, 0.15) is 17.3 Å². The summed E-state index contributed by atoms with van der Waals surface area (Å²) in [6.45, 7) is 6.57. The number of ether oxygens (including phenoxy) is 2. The summed E-state index contributed by atoms with van der Waals surface area (Å²) in [5.74, 6) is 0.967. The number of aliphatic hydroxyl groups excluding tert-OH is 1. The summed E-state index contributed by atoms with van der Waals surface area (Å²) in [6, 6.07) is 4.99. The highest BCUT2D eigenvalue weighted by atomic mass is 16.5. The smallest absolute Gasteiger partial charge is 0.161 e. The van der Waals surface area contributed by atoms with Crippen LogP contribution in [0.25, 0.3) is 0 Å². The lowest BCUT2D eigenvalue weighted by Gasteiger charge is -2.14. The summed E-state index contributed by atoms with van der Waals surface area (Å²) >= 11 is 0. The molecule has 110 valence electrons. The van der Waals surface area contributed by atoms with Crippen LogP contribution in [0.15, 0.2) is 30.9 Å². The highest BCUT2D eigenvalue weighted by Crippen LogP contribution is 2.28. The van der Waals surface area contributed by atoms with Crippen molar-refractivity contribution in [1.82, 2.24) is 0 Å². The van der Waals surface area contributed by atoms with Gasteiger partial charge < -0.3 is 19.9 Å². The molecule has 1 atom stereocenters. The quantitative estimate of drug-likeness (QED) is 0.390. The van der Waals surface area contributed by atoms with E-state index in [1.165, 1.54) is 14.0 Å². The first-order valence-corrected chi connectivity index (χ1v) is 6.51. The molecule has 0 aliphatic rings. The van der Waals surface area contributed by atoms with Crippen molar-refractivity contribution in [2.75, 3.05) is 26.8 Å². The molecule has 0 amide bonds. The molecular weight excluding hydrogens is 258 g/mol. The van der Waals surface area contributed by atoms with Crippen molar-refractivity contribution in [3.8, 4) is 11.5 Å². The van der Waals surface area contributed by atoms with Crippen molar-refractivity contribution in [1.29, 1.82) is 0 Å². The second kappa shape index (κ2) is 8.35. The van der Waals surface area contributed by atoms with Gasteiger partial charge in [-0.1, -0.05) is 6.58 Å². The largest absolute Gasteiger partial charge is 0.493 e. The van der Waals surface area contributed by atoms with Crippen molar-refractivity contribution in [2.24, 2.45) is 0 Å². The minimum atomic E-state index is -0.577. The Morgan fingerprint density at radius 2 is 2.25 bits per heavy atom. The van der Waals surface area contributed by atoms with Crippen LogP contribution in [-0.4, -0.2) is 43.8 Å². The second-order valence-corrected chi connectivity index (χ2v) is 4.44. The van der Waals surface area contributed by atoms with Crippen molar-refractivity contribution < 1.29 is 24.7 Å². The molecule has 0 aliphatic carbocycles. The molecule has 5 nitrogen and oxygen atoms in total. The minimum Gasteiger partial charge on any atom is -0.493 e. The molecule has 1 aromatic carbocycles. The first-order chi connectivity index (χ1) is 9.58. The maximum Gasteiger partial charge on any atom is 0.161 e. The summed E-state index contributed by atoms with van der Waals surface area (Å²) in [6.07, 6.45) is 1.20. The monoisotopic (exact) mass is 280 g/mol.